The lowest BCUT2D eigenvalue weighted by Gasteiger charge is -2.24. The molecule has 0 aromatic heterocycles. The average Bonchev–Trinajstić information content (AvgIpc) is 3.40. The third kappa shape index (κ3) is 3.49. The van der Waals surface area contributed by atoms with Gasteiger partial charge in [-0.1, -0.05) is 12.1 Å². The van der Waals surface area contributed by atoms with Gasteiger partial charge in [-0.15, -0.1) is 0 Å². The first-order valence-corrected chi connectivity index (χ1v) is 9.13. The third-order valence-electron chi connectivity index (χ3n) is 4.99. The summed E-state index contributed by atoms with van der Waals surface area (Å²) >= 11 is 0. The Balaban J connectivity index is 1.41. The van der Waals surface area contributed by atoms with Crippen molar-refractivity contribution in [2.45, 2.75) is 25.4 Å². The molecule has 0 radical (unpaired) electrons. The van der Waals surface area contributed by atoms with Crippen LogP contribution in [-0.2, 0) is 11.3 Å². The van der Waals surface area contributed by atoms with Crippen LogP contribution in [0.4, 0.5) is 0 Å². The van der Waals surface area contributed by atoms with Crippen LogP contribution in [0.5, 0.6) is 11.5 Å². The van der Waals surface area contributed by atoms with Gasteiger partial charge in [0.25, 0.3) is 5.91 Å². The number of benzene rings is 2. The summed E-state index contributed by atoms with van der Waals surface area (Å²) in [6.07, 6.45) is 1.42. The Morgan fingerprint density at radius 3 is 2.71 bits per heavy atom. The Labute approximate surface area is 162 Å². The van der Waals surface area contributed by atoms with Crippen LogP contribution in [0, 0.1) is 11.3 Å². The molecule has 2 aliphatic rings. The molecule has 1 saturated heterocycles. The number of hydrogen-bond donors (Lipinski definition) is 1. The average molecular weight is 377 g/mol. The standard InChI is InChI=1S/C21H19N3O4/c22-11-14-3-5-15(6-4-14)12-23-20(25)17-2-1-9-24(17)21(26)16-7-8-18-19(10-16)28-13-27-18/h3-8,10,17H,1-2,9,12-13H2,(H,23,25)/t17-/m1/s1. The molecule has 1 atom stereocenters. The molecule has 7 nitrogen and oxygen atoms in total. The van der Waals surface area contributed by atoms with Crippen molar-refractivity contribution >= 4 is 11.8 Å². The molecule has 1 fully saturated rings. The van der Waals surface area contributed by atoms with Crippen LogP contribution in [-0.4, -0.2) is 36.1 Å². The summed E-state index contributed by atoms with van der Waals surface area (Å²) in [6, 6.07) is 13.7. The van der Waals surface area contributed by atoms with Gasteiger partial charge in [-0.05, 0) is 48.7 Å². The van der Waals surface area contributed by atoms with Crippen LogP contribution in [0.15, 0.2) is 42.5 Å². The monoisotopic (exact) mass is 377 g/mol. The molecule has 28 heavy (non-hydrogen) atoms. The number of fused-ring (bicyclic) bond motifs is 1. The fraction of sp³-hybridized carbons (Fsp3) is 0.286. The first-order chi connectivity index (χ1) is 13.7. The highest BCUT2D eigenvalue weighted by Crippen LogP contribution is 2.33. The number of nitrogens with zero attached hydrogens (tertiary/aromatic N) is 2. The lowest BCUT2D eigenvalue weighted by molar-refractivity contribution is -0.125. The van der Waals surface area contributed by atoms with E-state index in [1.807, 2.05) is 12.1 Å². The van der Waals surface area contributed by atoms with Gasteiger partial charge in [-0.2, -0.15) is 5.26 Å². The first-order valence-electron chi connectivity index (χ1n) is 9.13. The molecule has 2 heterocycles. The molecule has 2 amide bonds. The number of nitriles is 1. The largest absolute Gasteiger partial charge is 0.454 e. The predicted molar refractivity (Wildman–Crippen MR) is 99.6 cm³/mol. The zero-order valence-electron chi connectivity index (χ0n) is 15.2. The topological polar surface area (TPSA) is 91.7 Å². The highest BCUT2D eigenvalue weighted by atomic mass is 16.7. The molecule has 7 heteroatoms. The fourth-order valence-corrected chi connectivity index (χ4v) is 3.48. The van der Waals surface area contributed by atoms with E-state index in [0.29, 0.717) is 42.1 Å². The summed E-state index contributed by atoms with van der Waals surface area (Å²) in [4.78, 5) is 27.2. The van der Waals surface area contributed by atoms with Gasteiger partial charge in [-0.25, -0.2) is 0 Å². The van der Waals surface area contributed by atoms with E-state index in [0.717, 1.165) is 12.0 Å². The lowest BCUT2D eigenvalue weighted by atomic mass is 10.1. The van der Waals surface area contributed by atoms with Crippen LogP contribution < -0.4 is 14.8 Å². The van der Waals surface area contributed by atoms with Gasteiger partial charge in [-0.3, -0.25) is 9.59 Å². The smallest absolute Gasteiger partial charge is 0.254 e. The van der Waals surface area contributed by atoms with E-state index in [1.165, 1.54) is 0 Å². The van der Waals surface area contributed by atoms with Gasteiger partial charge >= 0.3 is 0 Å². The van der Waals surface area contributed by atoms with Crippen LogP contribution in [0.3, 0.4) is 0 Å². The molecule has 0 bridgehead atoms. The van der Waals surface area contributed by atoms with Crippen molar-refractivity contribution in [3.05, 3.63) is 59.2 Å². The molecular weight excluding hydrogens is 358 g/mol. The Hall–Kier alpha value is -3.53. The number of hydrogen-bond acceptors (Lipinski definition) is 5. The van der Waals surface area contributed by atoms with E-state index < -0.39 is 6.04 Å². The molecular formula is C21H19N3O4. The van der Waals surface area contributed by atoms with Crippen molar-refractivity contribution in [3.8, 4) is 17.6 Å². The zero-order valence-corrected chi connectivity index (χ0v) is 15.2. The minimum Gasteiger partial charge on any atom is -0.454 e. The van der Waals surface area contributed by atoms with Crippen molar-refractivity contribution in [2.24, 2.45) is 0 Å². The predicted octanol–water partition coefficient (Wildman–Crippen LogP) is 2.21. The minimum absolute atomic E-state index is 0.150. The Morgan fingerprint density at radius 1 is 1.14 bits per heavy atom. The second-order valence-electron chi connectivity index (χ2n) is 6.75. The van der Waals surface area contributed by atoms with E-state index in [2.05, 4.69) is 11.4 Å². The summed E-state index contributed by atoms with van der Waals surface area (Å²) in [6.45, 7) is 1.05. The molecule has 2 aromatic carbocycles. The van der Waals surface area contributed by atoms with E-state index >= 15 is 0 Å². The molecule has 2 aromatic rings. The second-order valence-corrected chi connectivity index (χ2v) is 6.75. The minimum atomic E-state index is -0.490. The van der Waals surface area contributed by atoms with Crippen molar-refractivity contribution in [3.63, 3.8) is 0 Å². The lowest BCUT2D eigenvalue weighted by Crippen LogP contribution is -2.45. The van der Waals surface area contributed by atoms with Gasteiger partial charge < -0.3 is 19.7 Å². The Morgan fingerprint density at radius 2 is 1.93 bits per heavy atom. The van der Waals surface area contributed by atoms with Crippen molar-refractivity contribution < 1.29 is 19.1 Å². The molecule has 0 aliphatic carbocycles. The van der Waals surface area contributed by atoms with Crippen molar-refractivity contribution in [1.29, 1.82) is 5.26 Å². The van der Waals surface area contributed by atoms with Crippen LogP contribution in [0.2, 0.25) is 0 Å². The molecule has 142 valence electrons. The Kier molecular flexibility index (Phi) is 4.85. The van der Waals surface area contributed by atoms with Crippen LogP contribution in [0.1, 0.15) is 34.3 Å². The van der Waals surface area contributed by atoms with E-state index in [-0.39, 0.29) is 18.6 Å². The second kappa shape index (κ2) is 7.61. The van der Waals surface area contributed by atoms with Crippen molar-refractivity contribution in [2.75, 3.05) is 13.3 Å². The molecule has 0 unspecified atom stereocenters. The zero-order chi connectivity index (χ0) is 19.5. The van der Waals surface area contributed by atoms with Gasteiger partial charge in [0.2, 0.25) is 12.7 Å². The fourth-order valence-electron chi connectivity index (χ4n) is 3.48. The summed E-state index contributed by atoms with van der Waals surface area (Å²) in [5.74, 6) is 0.812. The number of ether oxygens (including phenoxy) is 2. The Bertz CT molecular complexity index is 949. The summed E-state index contributed by atoms with van der Waals surface area (Å²) in [5.41, 5.74) is 1.96. The van der Waals surface area contributed by atoms with Gasteiger partial charge in [0.1, 0.15) is 6.04 Å². The number of amides is 2. The van der Waals surface area contributed by atoms with Gasteiger partial charge in [0.05, 0.1) is 11.6 Å². The van der Waals surface area contributed by atoms with Crippen LogP contribution in [0.25, 0.3) is 0 Å². The number of carbonyl (C=O) groups excluding carboxylic acids is 2. The first kappa shape index (κ1) is 17.9. The highest BCUT2D eigenvalue weighted by molar-refractivity contribution is 5.98. The SMILES string of the molecule is N#Cc1ccc(CNC(=O)[C@H]2CCCN2C(=O)c2ccc3c(c2)OCO3)cc1. The highest BCUT2D eigenvalue weighted by Gasteiger charge is 2.34. The van der Waals surface area contributed by atoms with Gasteiger partial charge in [0, 0.05) is 18.7 Å². The van der Waals surface area contributed by atoms with E-state index in [9.17, 15) is 9.59 Å². The summed E-state index contributed by atoms with van der Waals surface area (Å²) < 4.78 is 10.6. The molecule has 4 rings (SSSR count). The summed E-state index contributed by atoms with van der Waals surface area (Å²) in [5, 5.41) is 11.7. The maximum Gasteiger partial charge on any atom is 0.254 e. The maximum absolute atomic E-state index is 12.9. The quantitative estimate of drug-likeness (QED) is 0.882. The number of nitrogens with one attached hydrogen (secondary N) is 1. The van der Waals surface area contributed by atoms with Gasteiger partial charge in [0.15, 0.2) is 11.5 Å². The maximum atomic E-state index is 12.9. The summed E-state index contributed by atoms with van der Waals surface area (Å²) in [7, 11) is 0. The third-order valence-corrected chi connectivity index (χ3v) is 4.99. The van der Waals surface area contributed by atoms with E-state index in [4.69, 9.17) is 14.7 Å². The number of carbonyl (C=O) groups is 2. The normalized spacial score (nSPS) is 17.2. The van der Waals surface area contributed by atoms with Crippen LogP contribution >= 0.6 is 0 Å². The molecule has 0 saturated carbocycles. The number of rotatable bonds is 4. The van der Waals surface area contributed by atoms with E-state index in [1.54, 1.807) is 35.2 Å². The van der Waals surface area contributed by atoms with Crippen molar-refractivity contribution in [1.82, 2.24) is 10.2 Å². The number of likely N-dealkylation sites (tertiary alicyclic amines) is 1. The molecule has 1 N–H and O–H groups in total. The molecule has 0 spiro atoms. The molecule has 2 aliphatic heterocycles.